The van der Waals surface area contributed by atoms with Crippen LogP contribution in [0.2, 0.25) is 0 Å². The van der Waals surface area contributed by atoms with Gasteiger partial charge in [-0.1, -0.05) is 23.1 Å². The molecule has 1 unspecified atom stereocenters. The first kappa shape index (κ1) is 21.4. The third-order valence-corrected chi connectivity index (χ3v) is 6.52. The van der Waals surface area contributed by atoms with Gasteiger partial charge in [-0.2, -0.15) is 0 Å². The Balaban J connectivity index is 1.57. The third kappa shape index (κ3) is 5.39. The number of nitrogens with zero attached hydrogens (tertiary/aromatic N) is 3. The highest BCUT2D eigenvalue weighted by Gasteiger charge is 2.34. The van der Waals surface area contributed by atoms with Crippen LogP contribution in [0.5, 0.6) is 11.5 Å². The summed E-state index contributed by atoms with van der Waals surface area (Å²) in [4.78, 5) is 25.9. The summed E-state index contributed by atoms with van der Waals surface area (Å²) in [5.41, 5.74) is 0.838. The van der Waals surface area contributed by atoms with Crippen molar-refractivity contribution in [3.8, 4) is 11.5 Å². The van der Waals surface area contributed by atoms with Crippen molar-refractivity contribution in [1.82, 2.24) is 15.5 Å². The number of hydrogen-bond donors (Lipinski definition) is 1. The number of nitrogens with one attached hydrogen (secondary N) is 1. The maximum Gasteiger partial charge on any atom is 0.230 e. The van der Waals surface area contributed by atoms with Crippen molar-refractivity contribution in [2.75, 3.05) is 24.9 Å². The minimum absolute atomic E-state index is 0.0287. The number of hydrogen-bond acceptors (Lipinski definition) is 8. The van der Waals surface area contributed by atoms with Gasteiger partial charge in [0.25, 0.3) is 0 Å². The van der Waals surface area contributed by atoms with Crippen LogP contribution < -0.4 is 19.7 Å². The Kier molecular flexibility index (Phi) is 6.96. The zero-order valence-electron chi connectivity index (χ0n) is 16.8. The van der Waals surface area contributed by atoms with Gasteiger partial charge in [0.15, 0.2) is 4.34 Å². The second-order valence-electron chi connectivity index (χ2n) is 6.66. The molecule has 29 heavy (non-hydrogen) atoms. The van der Waals surface area contributed by atoms with Gasteiger partial charge in [-0.15, -0.1) is 10.2 Å². The van der Waals surface area contributed by atoms with Crippen LogP contribution >= 0.6 is 23.1 Å². The normalized spacial score (nSPS) is 14.2. The van der Waals surface area contributed by atoms with Crippen LogP contribution in [-0.2, 0) is 9.59 Å². The van der Waals surface area contributed by atoms with Crippen molar-refractivity contribution < 1.29 is 19.1 Å². The third-order valence-electron chi connectivity index (χ3n) is 4.46. The lowest BCUT2D eigenvalue weighted by atomic mass is 10.1. The predicted molar refractivity (Wildman–Crippen MR) is 113 cm³/mol. The van der Waals surface area contributed by atoms with Crippen molar-refractivity contribution in [2.45, 2.75) is 43.1 Å². The second-order valence-corrected chi connectivity index (χ2v) is 8.83. The van der Waals surface area contributed by atoms with E-state index in [9.17, 15) is 9.59 Å². The lowest BCUT2D eigenvalue weighted by Crippen LogP contribution is -2.30. The number of ether oxygens (including phenoxy) is 2. The quantitative estimate of drug-likeness (QED) is 0.477. The van der Waals surface area contributed by atoms with Crippen molar-refractivity contribution >= 4 is 40.0 Å². The summed E-state index contributed by atoms with van der Waals surface area (Å²) < 4.78 is 11.3. The van der Waals surface area contributed by atoms with E-state index in [1.54, 1.807) is 19.1 Å². The number of methoxy groups -OCH3 is 2. The van der Waals surface area contributed by atoms with Gasteiger partial charge in [0.2, 0.25) is 16.9 Å². The molecule has 0 spiro atoms. The smallest absolute Gasteiger partial charge is 0.230 e. The minimum atomic E-state index is -0.249. The molecule has 156 valence electrons. The minimum Gasteiger partial charge on any atom is -0.497 e. The Labute approximate surface area is 178 Å². The number of thioether (sulfide) groups is 1. The number of anilines is 1. The molecule has 10 heteroatoms. The summed E-state index contributed by atoms with van der Waals surface area (Å²) >= 11 is 2.64. The Morgan fingerprint density at radius 2 is 2.07 bits per heavy atom. The fourth-order valence-corrected chi connectivity index (χ4v) is 4.67. The van der Waals surface area contributed by atoms with E-state index in [4.69, 9.17) is 9.47 Å². The summed E-state index contributed by atoms with van der Waals surface area (Å²) in [6, 6.07) is 5.46. The van der Waals surface area contributed by atoms with E-state index in [2.05, 4.69) is 15.5 Å². The molecule has 0 radical (unpaired) electrons. The Morgan fingerprint density at radius 3 is 2.69 bits per heavy atom. The Hall–Kier alpha value is -2.33. The zero-order valence-corrected chi connectivity index (χ0v) is 18.4. The number of aromatic nitrogens is 2. The van der Waals surface area contributed by atoms with Crippen molar-refractivity contribution in [1.29, 1.82) is 0 Å². The Morgan fingerprint density at radius 1 is 1.31 bits per heavy atom. The predicted octanol–water partition coefficient (Wildman–Crippen LogP) is 3.04. The highest BCUT2D eigenvalue weighted by atomic mass is 32.2. The monoisotopic (exact) mass is 436 g/mol. The van der Waals surface area contributed by atoms with Crippen molar-refractivity contribution in [3.05, 3.63) is 23.8 Å². The maximum atomic E-state index is 12.4. The van der Waals surface area contributed by atoms with Crippen LogP contribution in [0.15, 0.2) is 22.5 Å². The van der Waals surface area contributed by atoms with Crippen LogP contribution in [-0.4, -0.2) is 48.0 Å². The number of amides is 2. The molecule has 1 aliphatic carbocycles. The molecular weight excluding hydrogens is 412 g/mol. The molecule has 1 N–H and O–H groups in total. The molecule has 0 bridgehead atoms. The van der Waals surface area contributed by atoms with Gasteiger partial charge in [-0.25, -0.2) is 0 Å². The van der Waals surface area contributed by atoms with Crippen LogP contribution in [0.1, 0.15) is 38.3 Å². The summed E-state index contributed by atoms with van der Waals surface area (Å²) in [6.07, 6.45) is 1.99. The van der Waals surface area contributed by atoms with Gasteiger partial charge in [-0.3, -0.25) is 14.5 Å². The number of carbonyl (C=O) groups excluding carboxylic acids is 2. The molecule has 2 amide bonds. The zero-order chi connectivity index (χ0) is 21.0. The van der Waals surface area contributed by atoms with E-state index in [0.29, 0.717) is 21.0 Å². The molecule has 1 atom stereocenters. The van der Waals surface area contributed by atoms with E-state index < -0.39 is 0 Å². The summed E-state index contributed by atoms with van der Waals surface area (Å²) in [5, 5.41) is 11.8. The molecule has 1 aliphatic rings. The van der Waals surface area contributed by atoms with Crippen molar-refractivity contribution in [2.24, 2.45) is 0 Å². The number of benzene rings is 1. The van der Waals surface area contributed by atoms with Crippen LogP contribution in [0.25, 0.3) is 0 Å². The number of carbonyl (C=O) groups is 2. The van der Waals surface area contributed by atoms with Gasteiger partial charge in [-0.05, 0) is 38.0 Å². The SMILES string of the molecule is COc1ccc(OC)c(C(C)NC(=O)CSc2nnc(N(C(C)=O)C3CC3)s2)c1. The molecule has 1 saturated carbocycles. The molecular formula is C19H24N4O4S2. The summed E-state index contributed by atoms with van der Waals surface area (Å²) in [6.45, 7) is 3.43. The second kappa shape index (κ2) is 9.45. The molecule has 0 saturated heterocycles. The average Bonchev–Trinajstić information content (AvgIpc) is 3.42. The van der Waals surface area contributed by atoms with E-state index in [0.717, 1.165) is 18.4 Å². The first-order chi connectivity index (χ1) is 13.9. The van der Waals surface area contributed by atoms with Gasteiger partial charge in [0.1, 0.15) is 11.5 Å². The van der Waals surface area contributed by atoms with Crippen molar-refractivity contribution in [3.63, 3.8) is 0 Å². The first-order valence-electron chi connectivity index (χ1n) is 9.20. The van der Waals surface area contributed by atoms with Crippen LogP contribution in [0.3, 0.4) is 0 Å². The van der Waals surface area contributed by atoms with Crippen LogP contribution in [0.4, 0.5) is 5.13 Å². The fraction of sp³-hybridized carbons (Fsp3) is 0.474. The summed E-state index contributed by atoms with van der Waals surface area (Å²) in [7, 11) is 3.19. The van der Waals surface area contributed by atoms with E-state index in [1.165, 1.54) is 30.0 Å². The van der Waals surface area contributed by atoms with Gasteiger partial charge >= 0.3 is 0 Å². The molecule has 1 fully saturated rings. The molecule has 3 rings (SSSR count). The standard InChI is InChI=1S/C19H24N4O4S2/c1-11(15-9-14(26-3)7-8-16(15)27-4)20-17(25)10-28-19-22-21-18(29-19)23(12(2)24)13-5-6-13/h7-9,11,13H,5-6,10H2,1-4H3,(H,20,25). The Bertz CT molecular complexity index is 885. The fourth-order valence-electron chi connectivity index (χ4n) is 2.90. The molecule has 8 nitrogen and oxygen atoms in total. The van der Waals surface area contributed by atoms with Gasteiger partial charge < -0.3 is 14.8 Å². The van der Waals surface area contributed by atoms with E-state index in [1.807, 2.05) is 25.1 Å². The lowest BCUT2D eigenvalue weighted by Gasteiger charge is -2.18. The lowest BCUT2D eigenvalue weighted by molar-refractivity contribution is -0.119. The average molecular weight is 437 g/mol. The molecule has 1 aromatic carbocycles. The largest absolute Gasteiger partial charge is 0.497 e. The van der Waals surface area contributed by atoms with E-state index >= 15 is 0 Å². The highest BCUT2D eigenvalue weighted by Crippen LogP contribution is 2.36. The maximum absolute atomic E-state index is 12.4. The molecule has 1 aromatic heterocycles. The van der Waals surface area contributed by atoms with Crippen LogP contribution in [0, 0.1) is 0 Å². The van der Waals surface area contributed by atoms with E-state index in [-0.39, 0.29) is 29.7 Å². The van der Waals surface area contributed by atoms with Gasteiger partial charge in [0, 0.05) is 18.5 Å². The molecule has 2 aromatic rings. The number of rotatable bonds is 9. The molecule has 1 heterocycles. The highest BCUT2D eigenvalue weighted by molar-refractivity contribution is 8.01. The molecule has 0 aliphatic heterocycles. The summed E-state index contributed by atoms with van der Waals surface area (Å²) in [5.74, 6) is 1.43. The first-order valence-corrected chi connectivity index (χ1v) is 11.0. The topological polar surface area (TPSA) is 93.7 Å². The van der Waals surface area contributed by atoms with Gasteiger partial charge in [0.05, 0.1) is 26.0 Å².